The van der Waals surface area contributed by atoms with Crippen LogP contribution in [0.2, 0.25) is 0 Å². The molecule has 4 rings (SSSR count). The summed E-state index contributed by atoms with van der Waals surface area (Å²) in [6.07, 6.45) is -0.863. The van der Waals surface area contributed by atoms with Crippen LogP contribution in [-0.2, 0) is 19.8 Å². The second kappa shape index (κ2) is 7.37. The van der Waals surface area contributed by atoms with E-state index in [1.807, 2.05) is 18.2 Å². The van der Waals surface area contributed by atoms with Crippen molar-refractivity contribution in [2.45, 2.75) is 12.7 Å². The van der Waals surface area contributed by atoms with Gasteiger partial charge in [-0.1, -0.05) is 24.3 Å². The van der Waals surface area contributed by atoms with Crippen LogP contribution in [0.25, 0.3) is 22.0 Å². The molecule has 8 heteroatoms. The molecule has 0 aliphatic carbocycles. The number of anilines is 1. The normalized spacial score (nSPS) is 11.8. The molecule has 0 saturated heterocycles. The van der Waals surface area contributed by atoms with Gasteiger partial charge >= 0.3 is 6.18 Å². The number of aromatic nitrogens is 3. The number of aryl methyl sites for hydroxylation is 1. The molecule has 0 fully saturated rings. The zero-order chi connectivity index (χ0) is 21.5. The molecule has 5 nitrogen and oxygen atoms in total. The molecule has 4 aromatic rings. The summed E-state index contributed by atoms with van der Waals surface area (Å²) in [7, 11) is 3.39. The number of alkyl halides is 3. The molecular weight excluding hydrogens is 393 g/mol. The number of nitrogens with one attached hydrogen (secondary N) is 1. The minimum absolute atomic E-state index is 0.116. The van der Waals surface area contributed by atoms with Crippen LogP contribution in [0.1, 0.15) is 11.1 Å². The highest BCUT2D eigenvalue weighted by molar-refractivity contribution is 5.84. The fraction of sp³-hybridized carbons (Fsp3) is 0.182. The van der Waals surface area contributed by atoms with Crippen molar-refractivity contribution >= 4 is 16.6 Å². The molecule has 0 spiro atoms. The summed E-state index contributed by atoms with van der Waals surface area (Å²) >= 11 is 0. The van der Waals surface area contributed by atoms with Gasteiger partial charge in [0.2, 0.25) is 0 Å². The lowest BCUT2D eigenvalue weighted by atomic mass is 10.1. The predicted octanol–water partition coefficient (Wildman–Crippen LogP) is 4.51. The molecule has 154 valence electrons. The van der Waals surface area contributed by atoms with Gasteiger partial charge in [0.25, 0.3) is 5.56 Å². The molecule has 0 amide bonds. The van der Waals surface area contributed by atoms with Crippen LogP contribution in [0.5, 0.6) is 0 Å². The highest BCUT2D eigenvalue weighted by atomic mass is 19.4. The third kappa shape index (κ3) is 3.68. The smallest absolute Gasteiger partial charge is 0.384 e. The van der Waals surface area contributed by atoms with E-state index >= 15 is 0 Å². The largest absolute Gasteiger partial charge is 0.416 e. The van der Waals surface area contributed by atoms with Crippen LogP contribution in [-0.4, -0.2) is 21.4 Å². The molecule has 2 aromatic carbocycles. The van der Waals surface area contributed by atoms with Crippen molar-refractivity contribution in [3.8, 4) is 11.1 Å². The monoisotopic (exact) mass is 412 g/mol. The van der Waals surface area contributed by atoms with Crippen LogP contribution >= 0.6 is 0 Å². The van der Waals surface area contributed by atoms with Gasteiger partial charge in [0.1, 0.15) is 5.69 Å². The van der Waals surface area contributed by atoms with Gasteiger partial charge in [-0.25, -0.2) is 0 Å². The zero-order valence-corrected chi connectivity index (χ0v) is 16.4. The van der Waals surface area contributed by atoms with E-state index in [-0.39, 0.29) is 5.56 Å². The van der Waals surface area contributed by atoms with E-state index in [0.29, 0.717) is 12.2 Å². The minimum Gasteiger partial charge on any atom is -0.384 e. The van der Waals surface area contributed by atoms with Crippen molar-refractivity contribution < 1.29 is 13.2 Å². The maximum absolute atomic E-state index is 12.8. The number of nitrogens with zero attached hydrogens (tertiary/aromatic N) is 3. The molecule has 1 N–H and O–H groups in total. The third-order valence-electron chi connectivity index (χ3n) is 5.04. The van der Waals surface area contributed by atoms with Crippen molar-refractivity contribution in [2.75, 3.05) is 12.4 Å². The van der Waals surface area contributed by atoms with E-state index in [0.717, 1.165) is 39.7 Å². The number of benzene rings is 2. The molecule has 0 aliphatic rings. The molecule has 0 saturated carbocycles. The lowest BCUT2D eigenvalue weighted by Crippen LogP contribution is -2.19. The molecule has 0 aliphatic heterocycles. The van der Waals surface area contributed by atoms with Crippen LogP contribution in [0.15, 0.2) is 65.7 Å². The second-order valence-corrected chi connectivity index (χ2v) is 7.08. The first-order valence-electron chi connectivity index (χ1n) is 9.27. The lowest BCUT2D eigenvalue weighted by Gasteiger charge is -2.10. The van der Waals surface area contributed by atoms with Crippen molar-refractivity contribution in [3.05, 3.63) is 82.4 Å². The van der Waals surface area contributed by atoms with Crippen LogP contribution in [0.4, 0.5) is 18.9 Å². The van der Waals surface area contributed by atoms with Crippen molar-refractivity contribution in [2.24, 2.45) is 7.05 Å². The summed E-state index contributed by atoms with van der Waals surface area (Å²) in [6.45, 7) is 0.347. The van der Waals surface area contributed by atoms with Gasteiger partial charge in [0.05, 0.1) is 23.8 Å². The van der Waals surface area contributed by atoms with Gasteiger partial charge in [-0.3, -0.25) is 9.48 Å². The van der Waals surface area contributed by atoms with Gasteiger partial charge in [-0.2, -0.15) is 18.3 Å². The summed E-state index contributed by atoms with van der Waals surface area (Å²) < 4.78 is 41.6. The first kappa shape index (κ1) is 19.8. The number of pyridine rings is 1. The van der Waals surface area contributed by atoms with Crippen molar-refractivity contribution in [1.29, 1.82) is 0 Å². The Morgan fingerprint density at radius 2 is 1.77 bits per heavy atom. The molecule has 2 aromatic heterocycles. The fourth-order valence-corrected chi connectivity index (χ4v) is 3.40. The van der Waals surface area contributed by atoms with E-state index in [1.165, 1.54) is 16.7 Å². The predicted molar refractivity (Wildman–Crippen MR) is 111 cm³/mol. The molecule has 30 heavy (non-hydrogen) atoms. The Morgan fingerprint density at radius 1 is 1.03 bits per heavy atom. The number of halogens is 3. The Kier molecular flexibility index (Phi) is 4.85. The van der Waals surface area contributed by atoms with E-state index in [2.05, 4.69) is 10.4 Å². The Bertz CT molecular complexity index is 1270. The van der Waals surface area contributed by atoms with E-state index in [4.69, 9.17) is 0 Å². The van der Waals surface area contributed by atoms with Gasteiger partial charge in [0.15, 0.2) is 0 Å². The molecule has 0 bridgehead atoms. The minimum atomic E-state index is -4.35. The van der Waals surface area contributed by atoms with Crippen molar-refractivity contribution in [1.82, 2.24) is 14.3 Å². The van der Waals surface area contributed by atoms with Gasteiger partial charge < -0.3 is 9.88 Å². The Labute approximate surface area is 170 Å². The first-order chi connectivity index (χ1) is 14.3. The molecule has 2 heterocycles. The summed E-state index contributed by atoms with van der Waals surface area (Å²) in [5.41, 5.74) is 3.05. The maximum atomic E-state index is 12.8. The van der Waals surface area contributed by atoms with Crippen molar-refractivity contribution in [3.63, 3.8) is 0 Å². The SMILES string of the molecule is CNc1cc(-c2ccc3cnn(Cc4ccc(C(F)(F)F)cc4)c3c2)cn(C)c1=O. The first-order valence-corrected chi connectivity index (χ1v) is 9.27. The molecule has 0 radical (unpaired) electrons. The standard InChI is InChI=1S/C22H19F3N4O/c1-26-19-9-17(13-28(2)21(19)30)15-5-6-16-11-27-29(20(16)10-15)12-14-3-7-18(8-4-14)22(23,24)25/h3-11,13,26H,12H2,1-2H3. The Balaban J connectivity index is 1.70. The Hall–Kier alpha value is -3.55. The third-order valence-corrected chi connectivity index (χ3v) is 5.04. The second-order valence-electron chi connectivity index (χ2n) is 7.08. The molecule has 0 atom stereocenters. The van der Waals surface area contributed by atoms with E-state index in [9.17, 15) is 18.0 Å². The topological polar surface area (TPSA) is 51.9 Å². The summed E-state index contributed by atoms with van der Waals surface area (Å²) in [5, 5.41) is 8.22. The quantitative estimate of drug-likeness (QED) is 0.537. The summed E-state index contributed by atoms with van der Waals surface area (Å²) in [4.78, 5) is 12.1. The summed E-state index contributed by atoms with van der Waals surface area (Å²) in [6, 6.07) is 12.7. The number of rotatable bonds is 4. The number of hydrogen-bond acceptors (Lipinski definition) is 3. The number of hydrogen-bond donors (Lipinski definition) is 1. The van der Waals surface area contributed by atoms with Crippen LogP contribution in [0.3, 0.4) is 0 Å². The van der Waals surface area contributed by atoms with Gasteiger partial charge in [-0.15, -0.1) is 0 Å². The molecular formula is C22H19F3N4O. The zero-order valence-electron chi connectivity index (χ0n) is 16.4. The molecule has 0 unspecified atom stereocenters. The lowest BCUT2D eigenvalue weighted by molar-refractivity contribution is -0.137. The van der Waals surface area contributed by atoms with E-state index in [1.54, 1.807) is 37.2 Å². The van der Waals surface area contributed by atoms with Gasteiger partial charge in [0, 0.05) is 31.2 Å². The van der Waals surface area contributed by atoms with Crippen LogP contribution < -0.4 is 10.9 Å². The average molecular weight is 412 g/mol. The highest BCUT2D eigenvalue weighted by Gasteiger charge is 2.29. The maximum Gasteiger partial charge on any atom is 0.416 e. The fourth-order valence-electron chi connectivity index (χ4n) is 3.40. The summed E-state index contributed by atoms with van der Waals surface area (Å²) in [5.74, 6) is 0. The average Bonchev–Trinajstić information content (AvgIpc) is 3.11. The van der Waals surface area contributed by atoms with Gasteiger partial charge in [-0.05, 0) is 35.4 Å². The highest BCUT2D eigenvalue weighted by Crippen LogP contribution is 2.30. The Morgan fingerprint density at radius 3 is 2.43 bits per heavy atom. The van der Waals surface area contributed by atoms with E-state index < -0.39 is 11.7 Å². The van der Waals surface area contributed by atoms with Crippen LogP contribution in [0, 0.1) is 0 Å². The number of fused-ring (bicyclic) bond motifs is 1.